The summed E-state index contributed by atoms with van der Waals surface area (Å²) in [5, 5.41) is 11.0. The van der Waals surface area contributed by atoms with Crippen LogP contribution >= 0.6 is 11.6 Å². The maximum atomic E-state index is 11.0. The normalized spacial score (nSPS) is 10.3. The summed E-state index contributed by atoms with van der Waals surface area (Å²) >= 11 is 5.80. The first-order chi connectivity index (χ1) is 9.88. The van der Waals surface area contributed by atoms with Gasteiger partial charge in [0, 0.05) is 20.2 Å². The van der Waals surface area contributed by atoms with Gasteiger partial charge in [0.05, 0.1) is 4.92 Å². The number of para-hydroxylation sites is 1. The zero-order valence-corrected chi connectivity index (χ0v) is 12.3. The van der Waals surface area contributed by atoms with Crippen molar-refractivity contribution in [3.8, 4) is 11.8 Å². The molecular formula is C12H12ClN5O3. The second-order valence-electron chi connectivity index (χ2n) is 4.36. The van der Waals surface area contributed by atoms with Crippen LogP contribution in [0.15, 0.2) is 18.2 Å². The standard InChI is InChI=1S/C12H12ClN5O3/c1-7-5-4-6-8(18(19)20)9(7)21-12-15-10(13)14-11(16-12)17(2)3/h4-6H,1-3H3. The number of hydrogen-bond acceptors (Lipinski definition) is 7. The van der Waals surface area contributed by atoms with Crippen LogP contribution in [-0.4, -0.2) is 34.0 Å². The average molecular weight is 310 g/mol. The summed E-state index contributed by atoms with van der Waals surface area (Å²) in [5.74, 6) is 0.371. The molecule has 2 rings (SSSR count). The first-order valence-corrected chi connectivity index (χ1v) is 6.27. The molecule has 0 unspecified atom stereocenters. The van der Waals surface area contributed by atoms with E-state index >= 15 is 0 Å². The number of hydrogen-bond donors (Lipinski definition) is 0. The van der Waals surface area contributed by atoms with Crippen molar-refractivity contribution in [1.82, 2.24) is 15.0 Å². The van der Waals surface area contributed by atoms with E-state index in [1.165, 1.54) is 6.07 Å². The summed E-state index contributed by atoms with van der Waals surface area (Å²) < 4.78 is 5.46. The molecule has 8 nitrogen and oxygen atoms in total. The topological polar surface area (TPSA) is 94.3 Å². The van der Waals surface area contributed by atoms with E-state index < -0.39 is 4.92 Å². The Balaban J connectivity index is 2.45. The van der Waals surface area contributed by atoms with Crippen LogP contribution in [0.2, 0.25) is 5.28 Å². The average Bonchev–Trinajstić information content (AvgIpc) is 2.40. The molecule has 110 valence electrons. The van der Waals surface area contributed by atoms with Crippen molar-refractivity contribution in [2.75, 3.05) is 19.0 Å². The number of nitrogens with zero attached hydrogens (tertiary/aromatic N) is 5. The van der Waals surface area contributed by atoms with Crippen molar-refractivity contribution >= 4 is 23.2 Å². The van der Waals surface area contributed by atoms with Crippen molar-refractivity contribution in [3.05, 3.63) is 39.2 Å². The van der Waals surface area contributed by atoms with E-state index in [1.54, 1.807) is 38.1 Å². The summed E-state index contributed by atoms with van der Waals surface area (Å²) in [5.41, 5.74) is 0.421. The van der Waals surface area contributed by atoms with Crippen LogP contribution in [-0.2, 0) is 0 Å². The van der Waals surface area contributed by atoms with Gasteiger partial charge in [0.1, 0.15) is 0 Å². The summed E-state index contributed by atoms with van der Waals surface area (Å²) in [6.45, 7) is 1.69. The Morgan fingerprint density at radius 2 is 2.00 bits per heavy atom. The minimum atomic E-state index is -0.530. The molecule has 0 radical (unpaired) electrons. The molecule has 0 aliphatic heterocycles. The maximum Gasteiger partial charge on any atom is 0.328 e. The highest BCUT2D eigenvalue weighted by Gasteiger charge is 2.19. The van der Waals surface area contributed by atoms with E-state index in [4.69, 9.17) is 16.3 Å². The van der Waals surface area contributed by atoms with Gasteiger partial charge in [0.2, 0.25) is 17.0 Å². The number of ether oxygens (including phenoxy) is 1. The molecule has 9 heteroatoms. The zero-order chi connectivity index (χ0) is 15.6. The van der Waals surface area contributed by atoms with Crippen LogP contribution in [0.5, 0.6) is 11.8 Å². The van der Waals surface area contributed by atoms with Crippen molar-refractivity contribution in [3.63, 3.8) is 0 Å². The molecular weight excluding hydrogens is 298 g/mol. The number of benzene rings is 1. The molecule has 0 bridgehead atoms. The number of nitro benzene ring substituents is 1. The highest BCUT2D eigenvalue weighted by atomic mass is 35.5. The van der Waals surface area contributed by atoms with Crippen molar-refractivity contribution in [1.29, 1.82) is 0 Å². The van der Waals surface area contributed by atoms with Crippen LogP contribution in [0, 0.1) is 17.0 Å². The predicted molar refractivity (Wildman–Crippen MR) is 77.1 cm³/mol. The molecule has 1 heterocycles. The smallest absolute Gasteiger partial charge is 0.328 e. The number of anilines is 1. The number of rotatable bonds is 4. The van der Waals surface area contributed by atoms with Gasteiger partial charge < -0.3 is 9.64 Å². The lowest BCUT2D eigenvalue weighted by Gasteiger charge is -2.12. The van der Waals surface area contributed by atoms with E-state index in [-0.39, 0.29) is 22.7 Å². The summed E-state index contributed by atoms with van der Waals surface area (Å²) in [6, 6.07) is 4.51. The molecule has 0 spiro atoms. The van der Waals surface area contributed by atoms with Gasteiger partial charge in [-0.05, 0) is 24.1 Å². The van der Waals surface area contributed by atoms with Crippen LogP contribution in [0.4, 0.5) is 11.6 Å². The van der Waals surface area contributed by atoms with E-state index in [0.29, 0.717) is 11.5 Å². The molecule has 0 saturated heterocycles. The van der Waals surface area contributed by atoms with Gasteiger partial charge in [-0.3, -0.25) is 10.1 Å². The van der Waals surface area contributed by atoms with E-state index in [0.717, 1.165) is 0 Å². The van der Waals surface area contributed by atoms with E-state index in [2.05, 4.69) is 15.0 Å². The van der Waals surface area contributed by atoms with Gasteiger partial charge in [-0.2, -0.15) is 15.0 Å². The molecule has 2 aromatic rings. The first kappa shape index (κ1) is 14.9. The fourth-order valence-electron chi connectivity index (χ4n) is 1.57. The Bertz CT molecular complexity index is 693. The first-order valence-electron chi connectivity index (χ1n) is 5.89. The van der Waals surface area contributed by atoms with Gasteiger partial charge in [0.25, 0.3) is 0 Å². The van der Waals surface area contributed by atoms with Gasteiger partial charge in [-0.25, -0.2) is 0 Å². The van der Waals surface area contributed by atoms with Gasteiger partial charge >= 0.3 is 11.7 Å². The zero-order valence-electron chi connectivity index (χ0n) is 11.6. The molecule has 0 amide bonds. The molecule has 0 fully saturated rings. The lowest BCUT2D eigenvalue weighted by atomic mass is 10.2. The number of aryl methyl sites for hydroxylation is 1. The molecule has 1 aromatic carbocycles. The minimum absolute atomic E-state index is 0.0556. The van der Waals surface area contributed by atoms with Crippen LogP contribution < -0.4 is 9.64 Å². The van der Waals surface area contributed by atoms with Crippen molar-refractivity contribution in [2.24, 2.45) is 0 Å². The molecule has 0 aliphatic rings. The second-order valence-corrected chi connectivity index (χ2v) is 4.70. The van der Waals surface area contributed by atoms with E-state index in [9.17, 15) is 10.1 Å². The Labute approximate surface area is 125 Å². The van der Waals surface area contributed by atoms with Crippen molar-refractivity contribution in [2.45, 2.75) is 6.92 Å². The third-order valence-corrected chi connectivity index (χ3v) is 2.73. The lowest BCUT2D eigenvalue weighted by Crippen LogP contribution is -2.14. The Morgan fingerprint density at radius 3 is 2.62 bits per heavy atom. The van der Waals surface area contributed by atoms with Crippen LogP contribution in [0.1, 0.15) is 5.56 Å². The predicted octanol–water partition coefficient (Wildman–Crippen LogP) is 2.60. The maximum absolute atomic E-state index is 11.0. The molecule has 1 aromatic heterocycles. The number of aromatic nitrogens is 3. The summed E-state index contributed by atoms with van der Waals surface area (Å²) in [6.07, 6.45) is 0. The SMILES string of the molecule is Cc1cccc([N+](=O)[O-])c1Oc1nc(Cl)nc(N(C)C)n1. The van der Waals surface area contributed by atoms with Crippen LogP contribution in [0.25, 0.3) is 0 Å². The number of nitro groups is 1. The highest BCUT2D eigenvalue weighted by Crippen LogP contribution is 2.33. The summed E-state index contributed by atoms with van der Waals surface area (Å²) in [7, 11) is 3.46. The quantitative estimate of drug-likeness (QED) is 0.632. The van der Waals surface area contributed by atoms with Crippen LogP contribution in [0.3, 0.4) is 0 Å². The molecule has 0 atom stereocenters. The Hall–Kier alpha value is -2.48. The minimum Gasteiger partial charge on any atom is -0.416 e. The summed E-state index contributed by atoms with van der Waals surface area (Å²) in [4.78, 5) is 23.9. The fourth-order valence-corrected chi connectivity index (χ4v) is 1.72. The van der Waals surface area contributed by atoms with Crippen molar-refractivity contribution < 1.29 is 9.66 Å². The third kappa shape index (κ3) is 3.34. The largest absolute Gasteiger partial charge is 0.416 e. The lowest BCUT2D eigenvalue weighted by molar-refractivity contribution is -0.385. The third-order valence-electron chi connectivity index (χ3n) is 2.56. The molecule has 0 N–H and O–H groups in total. The molecule has 21 heavy (non-hydrogen) atoms. The van der Waals surface area contributed by atoms with Gasteiger partial charge in [0.15, 0.2) is 0 Å². The van der Waals surface area contributed by atoms with E-state index in [1.807, 2.05) is 0 Å². The molecule has 0 aliphatic carbocycles. The Morgan fingerprint density at radius 1 is 1.29 bits per heavy atom. The highest BCUT2D eigenvalue weighted by molar-refractivity contribution is 6.28. The van der Waals surface area contributed by atoms with Gasteiger partial charge in [-0.1, -0.05) is 12.1 Å². The number of halogens is 1. The fraction of sp³-hybridized carbons (Fsp3) is 0.250. The molecule has 0 saturated carbocycles. The van der Waals surface area contributed by atoms with Gasteiger partial charge in [-0.15, -0.1) is 0 Å². The monoisotopic (exact) mass is 309 g/mol. The second kappa shape index (κ2) is 5.88. The Kier molecular flexibility index (Phi) is 4.18.